The van der Waals surface area contributed by atoms with Crippen molar-refractivity contribution in [1.82, 2.24) is 5.32 Å². The molecule has 74 valence electrons. The van der Waals surface area contributed by atoms with E-state index in [0.29, 0.717) is 5.92 Å². The van der Waals surface area contributed by atoms with Gasteiger partial charge in [0.15, 0.2) is 0 Å². The third-order valence-corrected chi connectivity index (χ3v) is 2.14. The molecule has 4 nitrogen and oxygen atoms in total. The number of hydrogen-bond acceptors (Lipinski definition) is 2. The normalized spacial score (nSPS) is 17.9. The molecule has 1 aliphatic carbocycles. The highest BCUT2D eigenvalue weighted by Gasteiger charge is 2.26. The predicted octanol–water partition coefficient (Wildman–Crippen LogP) is 0.766. The first-order valence-electron chi connectivity index (χ1n) is 4.57. The number of aliphatic carboxylic acids is 1. The summed E-state index contributed by atoms with van der Waals surface area (Å²) in [6.07, 6.45) is 3.20. The molecule has 0 aromatic carbocycles. The zero-order valence-electron chi connectivity index (χ0n) is 7.75. The number of amides is 1. The van der Waals surface area contributed by atoms with Crippen LogP contribution in [0.15, 0.2) is 0 Å². The van der Waals surface area contributed by atoms with Crippen molar-refractivity contribution in [3.05, 3.63) is 0 Å². The molecule has 1 unspecified atom stereocenters. The lowest BCUT2D eigenvalue weighted by Gasteiger charge is -2.14. The second-order valence-corrected chi connectivity index (χ2v) is 3.67. The molecule has 0 aliphatic heterocycles. The summed E-state index contributed by atoms with van der Waals surface area (Å²) in [6, 6.07) is -0.178. The number of carbonyl (C=O) groups is 2. The Morgan fingerprint density at radius 1 is 1.54 bits per heavy atom. The Bertz CT molecular complexity index is 195. The highest BCUT2D eigenvalue weighted by molar-refractivity contribution is 5.74. The minimum absolute atomic E-state index is 0.0378. The molecule has 0 heterocycles. The quantitative estimate of drug-likeness (QED) is 0.664. The molecule has 1 atom stereocenters. The van der Waals surface area contributed by atoms with Gasteiger partial charge in [0.1, 0.15) is 0 Å². The molecular formula is C9H15NO3. The lowest BCUT2D eigenvalue weighted by Crippen LogP contribution is -2.35. The summed E-state index contributed by atoms with van der Waals surface area (Å²) in [5, 5.41) is 11.2. The van der Waals surface area contributed by atoms with E-state index in [1.54, 1.807) is 0 Å². The molecule has 4 heteroatoms. The second-order valence-electron chi connectivity index (χ2n) is 3.67. The van der Waals surface area contributed by atoms with Gasteiger partial charge in [0.2, 0.25) is 5.91 Å². The molecule has 1 rings (SSSR count). The van der Waals surface area contributed by atoms with Crippen LogP contribution in [-0.2, 0) is 9.59 Å². The van der Waals surface area contributed by atoms with Crippen LogP contribution in [0.1, 0.15) is 32.6 Å². The third-order valence-electron chi connectivity index (χ3n) is 2.14. The van der Waals surface area contributed by atoms with Crippen LogP contribution < -0.4 is 5.32 Å². The van der Waals surface area contributed by atoms with E-state index < -0.39 is 5.97 Å². The monoisotopic (exact) mass is 185 g/mol. The van der Waals surface area contributed by atoms with Crippen molar-refractivity contribution < 1.29 is 14.7 Å². The Morgan fingerprint density at radius 3 is 2.54 bits per heavy atom. The van der Waals surface area contributed by atoms with Gasteiger partial charge in [-0.2, -0.15) is 0 Å². The third kappa shape index (κ3) is 4.50. The van der Waals surface area contributed by atoms with E-state index in [1.807, 2.05) is 0 Å². The Hall–Kier alpha value is -1.06. The van der Waals surface area contributed by atoms with Crippen molar-refractivity contribution in [2.45, 2.75) is 38.6 Å². The van der Waals surface area contributed by atoms with E-state index in [9.17, 15) is 9.59 Å². The molecule has 1 amide bonds. The Labute approximate surface area is 77.3 Å². The molecule has 0 bridgehead atoms. The Morgan fingerprint density at radius 2 is 2.15 bits per heavy atom. The van der Waals surface area contributed by atoms with Crippen molar-refractivity contribution in [3.8, 4) is 0 Å². The average molecular weight is 185 g/mol. The van der Waals surface area contributed by atoms with Gasteiger partial charge in [-0.25, -0.2) is 0 Å². The molecule has 0 saturated heterocycles. The summed E-state index contributed by atoms with van der Waals surface area (Å²) in [7, 11) is 0. The van der Waals surface area contributed by atoms with E-state index in [2.05, 4.69) is 5.32 Å². The van der Waals surface area contributed by atoms with Crippen LogP contribution in [0.4, 0.5) is 0 Å². The maximum atomic E-state index is 10.7. The average Bonchev–Trinajstić information content (AvgIpc) is 2.67. The molecule has 1 saturated carbocycles. The summed E-state index contributed by atoms with van der Waals surface area (Å²) in [4.78, 5) is 21.2. The van der Waals surface area contributed by atoms with Gasteiger partial charge >= 0.3 is 5.97 Å². The van der Waals surface area contributed by atoms with Crippen LogP contribution in [0.5, 0.6) is 0 Å². The van der Waals surface area contributed by atoms with Crippen LogP contribution in [0.25, 0.3) is 0 Å². The fraction of sp³-hybridized carbons (Fsp3) is 0.778. The van der Waals surface area contributed by atoms with Crippen molar-refractivity contribution in [1.29, 1.82) is 0 Å². The smallest absolute Gasteiger partial charge is 0.305 e. The van der Waals surface area contributed by atoms with Crippen molar-refractivity contribution in [2.24, 2.45) is 5.92 Å². The van der Waals surface area contributed by atoms with Crippen LogP contribution in [0.2, 0.25) is 0 Å². The predicted molar refractivity (Wildman–Crippen MR) is 47.2 cm³/mol. The SMILES string of the molecule is CC(=O)NC(CC(=O)O)CC1CC1. The summed E-state index contributed by atoms with van der Waals surface area (Å²) < 4.78 is 0. The minimum Gasteiger partial charge on any atom is -0.481 e. The summed E-state index contributed by atoms with van der Waals surface area (Å²) >= 11 is 0. The Balaban J connectivity index is 2.32. The lowest BCUT2D eigenvalue weighted by atomic mass is 10.1. The number of carboxylic acids is 1. The minimum atomic E-state index is -0.848. The van der Waals surface area contributed by atoms with E-state index in [-0.39, 0.29) is 18.4 Å². The Kier molecular flexibility index (Phi) is 3.28. The van der Waals surface area contributed by atoms with Gasteiger partial charge in [0, 0.05) is 13.0 Å². The van der Waals surface area contributed by atoms with E-state index in [0.717, 1.165) is 6.42 Å². The van der Waals surface area contributed by atoms with Gasteiger partial charge in [0.05, 0.1) is 6.42 Å². The van der Waals surface area contributed by atoms with Gasteiger partial charge in [-0.1, -0.05) is 12.8 Å². The van der Waals surface area contributed by atoms with Gasteiger partial charge in [-0.05, 0) is 12.3 Å². The number of rotatable bonds is 5. The van der Waals surface area contributed by atoms with Gasteiger partial charge in [-0.15, -0.1) is 0 Å². The number of carbonyl (C=O) groups excluding carboxylic acids is 1. The van der Waals surface area contributed by atoms with Crippen LogP contribution in [-0.4, -0.2) is 23.0 Å². The number of hydrogen-bond donors (Lipinski definition) is 2. The zero-order valence-corrected chi connectivity index (χ0v) is 7.75. The molecule has 0 spiro atoms. The maximum absolute atomic E-state index is 10.7. The van der Waals surface area contributed by atoms with Gasteiger partial charge in [0.25, 0.3) is 0 Å². The van der Waals surface area contributed by atoms with Crippen LogP contribution >= 0.6 is 0 Å². The first-order valence-corrected chi connectivity index (χ1v) is 4.57. The first kappa shape index (κ1) is 10.0. The van der Waals surface area contributed by atoms with Crippen molar-refractivity contribution >= 4 is 11.9 Å². The highest BCUT2D eigenvalue weighted by Crippen LogP contribution is 2.34. The highest BCUT2D eigenvalue weighted by atomic mass is 16.4. The zero-order chi connectivity index (χ0) is 9.84. The molecular weight excluding hydrogens is 170 g/mol. The van der Waals surface area contributed by atoms with Gasteiger partial charge < -0.3 is 10.4 Å². The lowest BCUT2D eigenvalue weighted by molar-refractivity contribution is -0.137. The number of carboxylic acid groups (broad SMARTS) is 1. The van der Waals surface area contributed by atoms with Gasteiger partial charge in [-0.3, -0.25) is 9.59 Å². The van der Waals surface area contributed by atoms with E-state index in [4.69, 9.17) is 5.11 Å². The van der Waals surface area contributed by atoms with Crippen molar-refractivity contribution in [3.63, 3.8) is 0 Å². The van der Waals surface area contributed by atoms with Crippen LogP contribution in [0.3, 0.4) is 0 Å². The second kappa shape index (κ2) is 4.25. The van der Waals surface area contributed by atoms with Crippen molar-refractivity contribution in [2.75, 3.05) is 0 Å². The maximum Gasteiger partial charge on any atom is 0.305 e. The first-order chi connectivity index (χ1) is 6.08. The summed E-state index contributed by atoms with van der Waals surface area (Å²) in [6.45, 7) is 1.42. The largest absolute Gasteiger partial charge is 0.481 e. The molecule has 0 radical (unpaired) electrons. The fourth-order valence-electron chi connectivity index (χ4n) is 1.45. The molecule has 0 aromatic rings. The van der Waals surface area contributed by atoms with Crippen LogP contribution in [0, 0.1) is 5.92 Å². The fourth-order valence-corrected chi connectivity index (χ4v) is 1.45. The molecule has 13 heavy (non-hydrogen) atoms. The molecule has 1 aliphatic rings. The standard InChI is InChI=1S/C9H15NO3/c1-6(11)10-8(5-9(12)13)4-7-2-3-7/h7-8H,2-5H2,1H3,(H,10,11)(H,12,13). The number of nitrogens with one attached hydrogen (secondary N) is 1. The molecule has 0 aromatic heterocycles. The summed E-state index contributed by atoms with van der Waals surface area (Å²) in [5.41, 5.74) is 0. The van der Waals surface area contributed by atoms with E-state index in [1.165, 1.54) is 19.8 Å². The molecule has 1 fully saturated rings. The topological polar surface area (TPSA) is 66.4 Å². The summed E-state index contributed by atoms with van der Waals surface area (Å²) in [5.74, 6) is -0.359. The molecule has 2 N–H and O–H groups in total. The van der Waals surface area contributed by atoms with E-state index >= 15 is 0 Å².